The smallest absolute Gasteiger partial charge is 0.289 e. The molecule has 1 amide bonds. The summed E-state index contributed by atoms with van der Waals surface area (Å²) in [7, 11) is 1.79. The highest BCUT2D eigenvalue weighted by molar-refractivity contribution is 9.18. The van der Waals surface area contributed by atoms with E-state index in [0.717, 1.165) is 13.0 Å². The fourth-order valence-corrected chi connectivity index (χ4v) is 0.768. The Morgan fingerprint density at radius 3 is 2.18 bits per heavy atom. The molecule has 0 unspecified atom stereocenters. The van der Waals surface area contributed by atoms with Crippen molar-refractivity contribution in [3.63, 3.8) is 0 Å². The molecule has 2 nitrogen and oxygen atoms in total. The van der Waals surface area contributed by atoms with Crippen molar-refractivity contribution in [2.45, 2.75) is 27.2 Å². The van der Waals surface area contributed by atoms with E-state index in [-0.39, 0.29) is 4.82 Å². The van der Waals surface area contributed by atoms with Crippen molar-refractivity contribution in [1.29, 1.82) is 0 Å². The molecule has 11 heavy (non-hydrogen) atoms. The zero-order valence-corrected chi connectivity index (χ0v) is 9.23. The van der Waals surface area contributed by atoms with Gasteiger partial charge in [-0.25, -0.2) is 0 Å². The largest absolute Gasteiger partial charge is 0.336 e. The molecule has 0 saturated carbocycles. The molecular formula is C8H16BrNO. The van der Waals surface area contributed by atoms with Crippen molar-refractivity contribution in [2.24, 2.45) is 5.41 Å². The molecule has 0 rings (SSSR count). The summed E-state index contributed by atoms with van der Waals surface area (Å²) < 4.78 is 0. The van der Waals surface area contributed by atoms with Crippen molar-refractivity contribution in [2.75, 3.05) is 13.6 Å². The third-order valence-corrected chi connectivity index (χ3v) is 2.10. The Bertz CT molecular complexity index is 140. The van der Waals surface area contributed by atoms with Gasteiger partial charge in [0.25, 0.3) is 4.82 Å². The zero-order chi connectivity index (χ0) is 9.07. The molecule has 0 aromatic carbocycles. The van der Waals surface area contributed by atoms with Crippen LogP contribution in [0.1, 0.15) is 27.2 Å². The van der Waals surface area contributed by atoms with Gasteiger partial charge in [-0.2, -0.15) is 0 Å². The number of hydrogen-bond donors (Lipinski definition) is 0. The maximum absolute atomic E-state index is 10.7. The standard InChI is InChI=1S/C8H16BrNO/c1-8(2,3)5-6-10(4)7(9)11/h5-6H2,1-4H3. The summed E-state index contributed by atoms with van der Waals surface area (Å²) in [4.78, 5) is 12.3. The van der Waals surface area contributed by atoms with Gasteiger partial charge in [0.05, 0.1) is 0 Å². The predicted molar refractivity (Wildman–Crippen MR) is 51.0 cm³/mol. The summed E-state index contributed by atoms with van der Waals surface area (Å²) in [5.41, 5.74) is 0.302. The molecule has 0 aliphatic carbocycles. The fourth-order valence-electron chi connectivity index (χ4n) is 0.591. The number of halogens is 1. The normalized spacial score (nSPS) is 11.4. The first kappa shape index (κ1) is 11.0. The van der Waals surface area contributed by atoms with Gasteiger partial charge in [-0.1, -0.05) is 20.8 Å². The van der Waals surface area contributed by atoms with Crippen molar-refractivity contribution >= 4 is 20.7 Å². The second-order valence-electron chi connectivity index (χ2n) is 3.99. The highest BCUT2D eigenvalue weighted by atomic mass is 79.9. The number of carbonyl (C=O) groups excluding carboxylic acids is 1. The Balaban J connectivity index is 3.63. The average molecular weight is 222 g/mol. The number of rotatable bonds is 2. The molecule has 0 fully saturated rings. The molecule has 0 radical (unpaired) electrons. The Morgan fingerprint density at radius 2 is 1.91 bits per heavy atom. The van der Waals surface area contributed by atoms with E-state index in [0.29, 0.717) is 5.41 Å². The minimum Gasteiger partial charge on any atom is -0.336 e. The Labute approximate surface area is 77.1 Å². The van der Waals surface area contributed by atoms with Crippen LogP contribution in [0.3, 0.4) is 0 Å². The Morgan fingerprint density at radius 1 is 1.45 bits per heavy atom. The zero-order valence-electron chi connectivity index (χ0n) is 7.65. The molecule has 0 aromatic heterocycles. The van der Waals surface area contributed by atoms with E-state index in [1.165, 1.54) is 0 Å². The van der Waals surface area contributed by atoms with Crippen LogP contribution in [0.15, 0.2) is 0 Å². The summed E-state index contributed by atoms with van der Waals surface area (Å²) in [6.45, 7) is 7.31. The summed E-state index contributed by atoms with van der Waals surface area (Å²) in [5.74, 6) is 0. The molecule has 0 bridgehead atoms. The van der Waals surface area contributed by atoms with Gasteiger partial charge < -0.3 is 4.90 Å². The van der Waals surface area contributed by atoms with E-state index in [2.05, 4.69) is 36.7 Å². The lowest BCUT2D eigenvalue weighted by Gasteiger charge is -2.21. The number of carbonyl (C=O) groups is 1. The molecule has 0 spiro atoms. The molecule has 0 aromatic rings. The molecule has 0 aliphatic heterocycles. The summed E-state index contributed by atoms with van der Waals surface area (Å²) in [6, 6.07) is 0. The predicted octanol–water partition coefficient (Wildman–Crippen LogP) is 2.87. The van der Waals surface area contributed by atoms with Crippen LogP contribution >= 0.6 is 15.9 Å². The van der Waals surface area contributed by atoms with Crippen LogP contribution in [-0.2, 0) is 0 Å². The monoisotopic (exact) mass is 221 g/mol. The van der Waals surface area contributed by atoms with Gasteiger partial charge in [0.1, 0.15) is 0 Å². The molecule has 3 heteroatoms. The van der Waals surface area contributed by atoms with Gasteiger partial charge in [0.15, 0.2) is 0 Å². The van der Waals surface area contributed by atoms with Gasteiger partial charge in [0.2, 0.25) is 0 Å². The van der Waals surface area contributed by atoms with Crippen molar-refractivity contribution in [3.8, 4) is 0 Å². The van der Waals surface area contributed by atoms with E-state index >= 15 is 0 Å². The highest BCUT2D eigenvalue weighted by Gasteiger charge is 2.12. The Hall–Kier alpha value is -0.0500. The molecule has 0 saturated heterocycles. The van der Waals surface area contributed by atoms with Crippen molar-refractivity contribution in [1.82, 2.24) is 4.90 Å². The number of amides is 1. The van der Waals surface area contributed by atoms with Crippen LogP contribution in [0, 0.1) is 5.41 Å². The minimum absolute atomic E-state index is 0.0400. The average Bonchev–Trinajstić information content (AvgIpc) is 1.80. The second kappa shape index (κ2) is 4.10. The fraction of sp³-hybridized carbons (Fsp3) is 0.875. The first-order valence-electron chi connectivity index (χ1n) is 3.73. The first-order chi connectivity index (χ1) is 4.83. The summed E-state index contributed by atoms with van der Waals surface area (Å²) >= 11 is 2.89. The third kappa shape index (κ3) is 6.35. The van der Waals surface area contributed by atoms with Crippen LogP contribution in [0.5, 0.6) is 0 Å². The topological polar surface area (TPSA) is 20.3 Å². The number of hydrogen-bond acceptors (Lipinski definition) is 1. The van der Waals surface area contributed by atoms with Crippen LogP contribution in [0.4, 0.5) is 4.79 Å². The van der Waals surface area contributed by atoms with E-state index < -0.39 is 0 Å². The highest BCUT2D eigenvalue weighted by Crippen LogP contribution is 2.18. The van der Waals surface area contributed by atoms with Crippen LogP contribution < -0.4 is 0 Å². The van der Waals surface area contributed by atoms with Crippen molar-refractivity contribution in [3.05, 3.63) is 0 Å². The summed E-state index contributed by atoms with van der Waals surface area (Å²) in [6.07, 6.45) is 1.03. The van der Waals surface area contributed by atoms with E-state index in [1.54, 1.807) is 11.9 Å². The summed E-state index contributed by atoms with van der Waals surface area (Å²) in [5, 5.41) is 0. The molecule has 66 valence electrons. The van der Waals surface area contributed by atoms with Crippen LogP contribution in [0.25, 0.3) is 0 Å². The van der Waals surface area contributed by atoms with E-state index in [4.69, 9.17) is 0 Å². The molecule has 0 atom stereocenters. The van der Waals surface area contributed by atoms with Gasteiger partial charge >= 0.3 is 0 Å². The van der Waals surface area contributed by atoms with Gasteiger partial charge in [0, 0.05) is 29.5 Å². The Kier molecular flexibility index (Phi) is 4.08. The minimum atomic E-state index is -0.0400. The van der Waals surface area contributed by atoms with Crippen LogP contribution in [0.2, 0.25) is 0 Å². The maximum atomic E-state index is 10.7. The van der Waals surface area contributed by atoms with Gasteiger partial charge in [-0.05, 0) is 11.8 Å². The van der Waals surface area contributed by atoms with E-state index in [1.807, 2.05) is 0 Å². The molecule has 0 N–H and O–H groups in total. The maximum Gasteiger partial charge on any atom is 0.289 e. The molecule has 0 heterocycles. The SMILES string of the molecule is CN(CCC(C)(C)C)C(=O)Br. The molecule has 0 aliphatic rings. The lowest BCUT2D eigenvalue weighted by molar-refractivity contribution is 0.226. The first-order valence-corrected chi connectivity index (χ1v) is 4.53. The number of nitrogens with zero attached hydrogens (tertiary/aromatic N) is 1. The van der Waals surface area contributed by atoms with Crippen LogP contribution in [-0.4, -0.2) is 23.3 Å². The van der Waals surface area contributed by atoms with E-state index in [9.17, 15) is 4.79 Å². The van der Waals surface area contributed by atoms with Gasteiger partial charge in [-0.15, -0.1) is 0 Å². The second-order valence-corrected chi connectivity index (χ2v) is 4.66. The van der Waals surface area contributed by atoms with Crippen molar-refractivity contribution < 1.29 is 4.79 Å². The van der Waals surface area contributed by atoms with Gasteiger partial charge in [-0.3, -0.25) is 4.79 Å². The lowest BCUT2D eigenvalue weighted by Crippen LogP contribution is -2.25. The molecular weight excluding hydrogens is 206 g/mol. The lowest BCUT2D eigenvalue weighted by atomic mass is 9.92. The third-order valence-electron chi connectivity index (χ3n) is 1.50. The quantitative estimate of drug-likeness (QED) is 0.519.